The third-order valence-electron chi connectivity index (χ3n) is 4.47. The summed E-state index contributed by atoms with van der Waals surface area (Å²) >= 11 is 0. The van der Waals surface area contributed by atoms with Crippen molar-refractivity contribution < 1.29 is 4.79 Å². The van der Waals surface area contributed by atoms with Gasteiger partial charge < -0.3 is 10.6 Å². The first kappa shape index (κ1) is 13.6. The summed E-state index contributed by atoms with van der Waals surface area (Å²) in [5, 5.41) is 10.9. The van der Waals surface area contributed by atoms with Gasteiger partial charge in [-0.05, 0) is 45.4 Å². The average Bonchev–Trinajstić information content (AvgIpc) is 2.96. The zero-order valence-corrected chi connectivity index (χ0v) is 12.3. The van der Waals surface area contributed by atoms with Crippen LogP contribution in [0.25, 0.3) is 0 Å². The molecule has 5 heteroatoms. The molecule has 0 radical (unpaired) electrons. The fourth-order valence-corrected chi connectivity index (χ4v) is 3.62. The van der Waals surface area contributed by atoms with E-state index >= 15 is 0 Å². The summed E-state index contributed by atoms with van der Waals surface area (Å²) in [6.45, 7) is 4.13. The minimum Gasteiger partial charge on any atom is -0.311 e. The third-order valence-corrected chi connectivity index (χ3v) is 4.47. The number of nitrogens with zero attached hydrogens (tertiary/aromatic N) is 2. The maximum absolute atomic E-state index is 12.2. The van der Waals surface area contributed by atoms with Gasteiger partial charge in [-0.3, -0.25) is 4.79 Å². The molecule has 2 bridgehead atoms. The highest BCUT2D eigenvalue weighted by Crippen LogP contribution is 2.32. The number of fused-ring (bicyclic) bond motifs is 2. The number of carbonyl (C=O) groups excluding carboxylic acids is 1. The molecule has 2 N–H and O–H groups in total. The Kier molecular flexibility index (Phi) is 3.78. The summed E-state index contributed by atoms with van der Waals surface area (Å²) in [6, 6.07) is 3.42. The molecular formula is C15H24N4O. The van der Waals surface area contributed by atoms with Crippen molar-refractivity contribution in [3.05, 3.63) is 12.3 Å². The molecule has 3 heterocycles. The summed E-state index contributed by atoms with van der Waals surface area (Å²) in [5.74, 6) is 1.46. The maximum atomic E-state index is 12.2. The molecule has 0 saturated carbocycles. The van der Waals surface area contributed by atoms with Crippen molar-refractivity contribution >= 4 is 11.7 Å². The Balaban J connectivity index is 1.56. The molecule has 20 heavy (non-hydrogen) atoms. The molecule has 5 nitrogen and oxygen atoms in total. The summed E-state index contributed by atoms with van der Waals surface area (Å²) < 4.78 is 1.85. The van der Waals surface area contributed by atoms with Crippen LogP contribution in [0.4, 0.5) is 5.82 Å². The van der Waals surface area contributed by atoms with E-state index in [-0.39, 0.29) is 11.9 Å². The first-order valence-electron chi connectivity index (χ1n) is 7.71. The van der Waals surface area contributed by atoms with Crippen molar-refractivity contribution in [1.82, 2.24) is 15.1 Å². The first-order valence-corrected chi connectivity index (χ1v) is 7.71. The number of nitrogens with one attached hydrogen (secondary N) is 2. The Hall–Kier alpha value is -1.36. The van der Waals surface area contributed by atoms with Crippen molar-refractivity contribution in [2.45, 2.75) is 64.1 Å². The van der Waals surface area contributed by atoms with Crippen LogP contribution in [-0.4, -0.2) is 27.8 Å². The van der Waals surface area contributed by atoms with E-state index < -0.39 is 0 Å². The monoisotopic (exact) mass is 276 g/mol. The van der Waals surface area contributed by atoms with E-state index in [1.807, 2.05) is 10.7 Å². The van der Waals surface area contributed by atoms with Crippen LogP contribution in [-0.2, 0) is 4.79 Å². The molecule has 0 aliphatic carbocycles. The lowest BCUT2D eigenvalue weighted by atomic mass is 9.89. The van der Waals surface area contributed by atoms with Gasteiger partial charge in [0.05, 0.1) is 6.20 Å². The molecule has 1 amide bonds. The lowest BCUT2D eigenvalue weighted by Crippen LogP contribution is -2.39. The van der Waals surface area contributed by atoms with Gasteiger partial charge in [-0.2, -0.15) is 5.10 Å². The lowest BCUT2D eigenvalue weighted by Gasteiger charge is -2.28. The molecule has 2 unspecified atom stereocenters. The number of amides is 1. The van der Waals surface area contributed by atoms with Gasteiger partial charge in [0.25, 0.3) is 0 Å². The number of aromatic nitrogens is 2. The molecular weight excluding hydrogens is 252 g/mol. The van der Waals surface area contributed by atoms with Gasteiger partial charge in [-0.1, -0.05) is 0 Å². The number of hydrogen-bond donors (Lipinski definition) is 2. The van der Waals surface area contributed by atoms with E-state index in [1.54, 1.807) is 6.20 Å². The zero-order chi connectivity index (χ0) is 14.1. The Labute approximate surface area is 120 Å². The van der Waals surface area contributed by atoms with E-state index in [1.165, 1.54) is 12.8 Å². The predicted molar refractivity (Wildman–Crippen MR) is 78.5 cm³/mol. The number of rotatable bonds is 4. The van der Waals surface area contributed by atoms with Gasteiger partial charge in [0.15, 0.2) is 0 Å². The van der Waals surface area contributed by atoms with E-state index in [0.717, 1.165) is 18.7 Å². The minimum atomic E-state index is 0.124. The zero-order valence-electron chi connectivity index (χ0n) is 12.3. The topological polar surface area (TPSA) is 59.0 Å². The third kappa shape index (κ3) is 2.87. The Morgan fingerprint density at radius 1 is 1.45 bits per heavy atom. The van der Waals surface area contributed by atoms with Gasteiger partial charge in [-0.25, -0.2) is 4.68 Å². The molecule has 2 saturated heterocycles. The molecule has 1 aromatic rings. The van der Waals surface area contributed by atoms with Gasteiger partial charge in [0.2, 0.25) is 5.91 Å². The Bertz CT molecular complexity index is 470. The van der Waals surface area contributed by atoms with Crippen LogP contribution in [0.1, 0.15) is 52.0 Å². The second-order valence-electron chi connectivity index (χ2n) is 6.48. The predicted octanol–water partition coefficient (Wildman–Crippen LogP) is 2.32. The van der Waals surface area contributed by atoms with E-state index in [2.05, 4.69) is 29.6 Å². The molecule has 2 fully saturated rings. The quantitative estimate of drug-likeness (QED) is 0.887. The summed E-state index contributed by atoms with van der Waals surface area (Å²) in [7, 11) is 0. The van der Waals surface area contributed by atoms with Gasteiger partial charge in [0.1, 0.15) is 5.82 Å². The first-order chi connectivity index (χ1) is 9.61. The highest BCUT2D eigenvalue weighted by Gasteiger charge is 2.34. The van der Waals surface area contributed by atoms with E-state index in [4.69, 9.17) is 0 Å². The molecule has 110 valence electrons. The van der Waals surface area contributed by atoms with Gasteiger partial charge in [-0.15, -0.1) is 0 Å². The Morgan fingerprint density at radius 2 is 2.15 bits per heavy atom. The van der Waals surface area contributed by atoms with E-state index in [9.17, 15) is 4.79 Å². The fourth-order valence-electron chi connectivity index (χ4n) is 3.62. The highest BCUT2D eigenvalue weighted by molar-refractivity contribution is 5.90. The van der Waals surface area contributed by atoms with Crippen LogP contribution in [0.5, 0.6) is 0 Å². The van der Waals surface area contributed by atoms with Crippen LogP contribution >= 0.6 is 0 Å². The van der Waals surface area contributed by atoms with Gasteiger partial charge in [0, 0.05) is 30.6 Å². The van der Waals surface area contributed by atoms with Crippen molar-refractivity contribution in [3.63, 3.8) is 0 Å². The lowest BCUT2D eigenvalue weighted by molar-refractivity contribution is -0.117. The van der Waals surface area contributed by atoms with Crippen LogP contribution in [0.15, 0.2) is 12.3 Å². The summed E-state index contributed by atoms with van der Waals surface area (Å²) in [5.41, 5.74) is 0. The molecule has 1 aromatic heterocycles. The molecule has 2 aliphatic heterocycles. The fraction of sp³-hybridized carbons (Fsp3) is 0.733. The number of carbonyl (C=O) groups is 1. The van der Waals surface area contributed by atoms with Crippen molar-refractivity contribution in [2.75, 3.05) is 5.32 Å². The smallest absolute Gasteiger partial charge is 0.225 e. The molecule has 0 aromatic carbocycles. The Morgan fingerprint density at radius 3 is 2.80 bits per heavy atom. The van der Waals surface area contributed by atoms with Gasteiger partial charge >= 0.3 is 0 Å². The maximum Gasteiger partial charge on any atom is 0.225 e. The summed E-state index contributed by atoms with van der Waals surface area (Å²) in [4.78, 5) is 12.2. The standard InChI is InChI=1S/C15H24N4O/c1-10(2)19-14(5-6-16-19)18-15(20)9-11-7-12-3-4-13(8-11)17-12/h5-6,10-13,17H,3-4,7-9H2,1-2H3,(H,18,20). The average molecular weight is 276 g/mol. The van der Waals surface area contributed by atoms with Crippen molar-refractivity contribution in [1.29, 1.82) is 0 Å². The van der Waals surface area contributed by atoms with Crippen LogP contribution in [0, 0.1) is 5.92 Å². The second-order valence-corrected chi connectivity index (χ2v) is 6.48. The van der Waals surface area contributed by atoms with E-state index in [0.29, 0.717) is 24.4 Å². The largest absolute Gasteiger partial charge is 0.311 e. The molecule has 3 rings (SSSR count). The number of hydrogen-bond acceptors (Lipinski definition) is 3. The van der Waals surface area contributed by atoms with Crippen LogP contribution in [0.2, 0.25) is 0 Å². The van der Waals surface area contributed by atoms with Crippen LogP contribution < -0.4 is 10.6 Å². The van der Waals surface area contributed by atoms with Crippen molar-refractivity contribution in [2.24, 2.45) is 5.92 Å². The summed E-state index contributed by atoms with van der Waals surface area (Å²) in [6.07, 6.45) is 7.23. The SMILES string of the molecule is CC(C)n1nccc1NC(=O)CC1CC2CCC(C1)N2. The molecule has 2 aliphatic rings. The van der Waals surface area contributed by atoms with Crippen molar-refractivity contribution in [3.8, 4) is 0 Å². The van der Waals surface area contributed by atoms with Crippen LogP contribution in [0.3, 0.4) is 0 Å². The highest BCUT2D eigenvalue weighted by atomic mass is 16.1. The molecule has 0 spiro atoms. The number of piperidine rings is 1. The number of anilines is 1. The minimum absolute atomic E-state index is 0.124. The molecule has 2 atom stereocenters. The normalized spacial score (nSPS) is 28.9. The second kappa shape index (κ2) is 5.56.